The second kappa shape index (κ2) is 21.7. The summed E-state index contributed by atoms with van der Waals surface area (Å²) >= 11 is 0. The molecule has 380 valence electrons. The fraction of sp³-hybridized carbons (Fsp3) is 0.352. The van der Waals surface area contributed by atoms with E-state index in [1.165, 1.54) is 12.7 Å². The van der Waals surface area contributed by atoms with Gasteiger partial charge >= 0.3 is 6.03 Å². The minimum absolute atomic E-state index is 0.0135. The smallest absolute Gasteiger partial charge is 0.312 e. The van der Waals surface area contributed by atoms with Crippen molar-refractivity contribution in [3.05, 3.63) is 130 Å². The van der Waals surface area contributed by atoms with Crippen LogP contribution in [0.2, 0.25) is 0 Å². The number of nitrogens with one attached hydrogen (secondary N) is 4. The molecule has 8 N–H and O–H groups in total. The van der Waals surface area contributed by atoms with Crippen molar-refractivity contribution >= 4 is 52.9 Å². The van der Waals surface area contributed by atoms with Crippen molar-refractivity contribution in [3.8, 4) is 23.0 Å². The first-order chi connectivity index (χ1) is 35.3. The predicted molar refractivity (Wildman–Crippen MR) is 273 cm³/mol. The fourth-order valence-electron chi connectivity index (χ4n) is 9.59. The van der Waals surface area contributed by atoms with Crippen molar-refractivity contribution in [1.29, 1.82) is 0 Å². The predicted octanol–water partition coefficient (Wildman–Crippen LogP) is 5.39. The number of methoxy groups -OCH3 is 2. The summed E-state index contributed by atoms with van der Waals surface area (Å²) in [5, 5.41) is 11.7. The lowest BCUT2D eigenvalue weighted by atomic mass is 9.93. The van der Waals surface area contributed by atoms with Gasteiger partial charge in [0, 0.05) is 50.2 Å². The van der Waals surface area contributed by atoms with E-state index in [1.54, 1.807) is 42.5 Å². The number of aromatic nitrogens is 1. The van der Waals surface area contributed by atoms with Gasteiger partial charge in [0.05, 0.1) is 66.2 Å². The molecule has 4 atom stereocenters. The molecule has 5 heterocycles. The van der Waals surface area contributed by atoms with Crippen LogP contribution in [0, 0.1) is 5.92 Å². The minimum Gasteiger partial charge on any atom is -0.493 e. The number of aliphatic imine (C=N–C) groups is 1. The van der Waals surface area contributed by atoms with E-state index >= 15 is 0 Å². The van der Waals surface area contributed by atoms with Crippen LogP contribution in [-0.4, -0.2) is 102 Å². The van der Waals surface area contributed by atoms with Crippen LogP contribution >= 0.6 is 0 Å². The van der Waals surface area contributed by atoms with Gasteiger partial charge in [-0.25, -0.2) is 4.79 Å². The zero-order valence-corrected chi connectivity index (χ0v) is 41.2. The highest BCUT2D eigenvalue weighted by Gasteiger charge is 2.36. The van der Waals surface area contributed by atoms with E-state index in [2.05, 4.69) is 33.4 Å². The van der Waals surface area contributed by atoms with Gasteiger partial charge in [0.25, 0.3) is 11.8 Å². The van der Waals surface area contributed by atoms with E-state index in [-0.39, 0.29) is 62.5 Å². The second-order valence-electron chi connectivity index (χ2n) is 18.9. The summed E-state index contributed by atoms with van der Waals surface area (Å²) in [5.74, 6) is 0.248. The normalized spacial score (nSPS) is 17.1. The molecule has 4 aromatic carbocycles. The molecule has 0 fully saturated rings. The molecule has 0 aliphatic carbocycles. The number of rotatable bonds is 17. The lowest BCUT2D eigenvalue weighted by molar-refractivity contribution is -0.128. The summed E-state index contributed by atoms with van der Waals surface area (Å²) < 4.78 is 24.0. The molecule has 19 nitrogen and oxygen atoms in total. The summed E-state index contributed by atoms with van der Waals surface area (Å²) in [6.45, 7) is 5.44. The van der Waals surface area contributed by atoms with Gasteiger partial charge in [-0.15, -0.1) is 0 Å². The number of primary amides is 1. The number of hydrogen-bond donors (Lipinski definition) is 6. The number of amides is 6. The van der Waals surface area contributed by atoms with Crippen LogP contribution in [0.1, 0.15) is 81.0 Å². The first-order valence-electron chi connectivity index (χ1n) is 24.4. The van der Waals surface area contributed by atoms with Gasteiger partial charge in [-0.3, -0.25) is 29.2 Å². The van der Waals surface area contributed by atoms with Crippen LogP contribution in [0.25, 0.3) is 0 Å². The number of anilines is 2. The van der Waals surface area contributed by atoms with Crippen LogP contribution < -0.4 is 51.7 Å². The minimum atomic E-state index is -0.935. The summed E-state index contributed by atoms with van der Waals surface area (Å²) in [7, 11) is 3.05. The highest BCUT2D eigenvalue weighted by atomic mass is 16.5. The molecule has 0 saturated carbocycles. The maximum atomic E-state index is 14.3. The molecule has 4 aliphatic heterocycles. The van der Waals surface area contributed by atoms with Gasteiger partial charge in [0.15, 0.2) is 23.0 Å². The number of carbonyl (C=O) groups is 5. The van der Waals surface area contributed by atoms with Crippen LogP contribution in [0.4, 0.5) is 21.9 Å². The highest BCUT2D eigenvalue weighted by Crippen LogP contribution is 2.40. The van der Waals surface area contributed by atoms with Crippen LogP contribution in [0.3, 0.4) is 0 Å². The van der Waals surface area contributed by atoms with E-state index in [0.717, 1.165) is 23.1 Å². The lowest BCUT2D eigenvalue weighted by Gasteiger charge is -2.35. The molecule has 73 heavy (non-hydrogen) atoms. The molecular formula is C54H60N10O9. The number of urea groups is 1. The Bertz CT molecular complexity index is 2980. The van der Waals surface area contributed by atoms with E-state index in [0.29, 0.717) is 88.5 Å². The Morgan fingerprint density at radius 2 is 1.44 bits per heavy atom. The number of nitrogens with zero attached hydrogens (tertiary/aromatic N) is 4. The summed E-state index contributed by atoms with van der Waals surface area (Å²) in [6.07, 6.45) is 3.63. The number of hydrogen-bond acceptors (Lipinski definition) is 13. The molecular weight excluding hydrogens is 933 g/mol. The number of ether oxygens (including phenoxy) is 4. The fourth-order valence-corrected chi connectivity index (χ4v) is 9.59. The first kappa shape index (κ1) is 49.8. The molecule has 0 saturated heterocycles. The molecule has 5 aromatic rings. The summed E-state index contributed by atoms with van der Waals surface area (Å²) in [6, 6.07) is 23.4. The molecule has 0 unspecified atom stereocenters. The molecule has 0 spiro atoms. The maximum absolute atomic E-state index is 14.3. The molecule has 19 heteroatoms. The quantitative estimate of drug-likeness (QED) is 0.0642. The van der Waals surface area contributed by atoms with Crippen molar-refractivity contribution in [3.63, 3.8) is 0 Å². The molecule has 0 radical (unpaired) electrons. The molecule has 1 aromatic heterocycles. The van der Waals surface area contributed by atoms with E-state index in [9.17, 15) is 24.0 Å². The Balaban J connectivity index is 0.841. The number of fused-ring (bicyclic) bond motifs is 6. The Kier molecular flexibility index (Phi) is 14.8. The molecule has 9 rings (SSSR count). The van der Waals surface area contributed by atoms with E-state index in [4.69, 9.17) is 40.4 Å². The lowest BCUT2D eigenvalue weighted by Crippen LogP contribution is -2.51. The van der Waals surface area contributed by atoms with Crippen molar-refractivity contribution in [2.45, 2.75) is 90.0 Å². The van der Waals surface area contributed by atoms with Gasteiger partial charge in [0.1, 0.15) is 19.3 Å². The average Bonchev–Trinajstić information content (AvgIpc) is 3.61. The molecule has 0 bridgehead atoms. The Morgan fingerprint density at radius 3 is 2.15 bits per heavy atom. The second-order valence-corrected chi connectivity index (χ2v) is 18.9. The zero-order chi connectivity index (χ0) is 51.3. The van der Waals surface area contributed by atoms with E-state index in [1.807, 2.05) is 67.3 Å². The van der Waals surface area contributed by atoms with Crippen LogP contribution in [0.15, 0.2) is 89.9 Å². The Labute approximate surface area is 423 Å². The number of pyridine rings is 1. The third-order valence-corrected chi connectivity index (χ3v) is 13.7. The van der Waals surface area contributed by atoms with Crippen molar-refractivity contribution in [2.75, 3.05) is 37.9 Å². The van der Waals surface area contributed by atoms with Gasteiger partial charge in [-0.2, -0.15) is 0 Å². The number of carbonyl (C=O) groups excluding carboxylic acids is 5. The van der Waals surface area contributed by atoms with Gasteiger partial charge in [-0.1, -0.05) is 50.2 Å². The summed E-state index contributed by atoms with van der Waals surface area (Å²) in [4.78, 5) is 79.2. The Morgan fingerprint density at radius 1 is 0.767 bits per heavy atom. The SMILES string of the molecule is COc1cc2c(cc1OCc1cccc(COc3cc4c(cc3OC)C(=O)N3Cc5ccccc5C[C@H]3CN4)n1)N=C[C@@H]1Cc3ccc(NC(=O)[C@H](CCCNC(N)=O)NC(=O)[C@@H](N)C(C)C)cc3CN1C2=O. The molecule has 6 amide bonds. The third-order valence-electron chi connectivity index (χ3n) is 13.7. The highest BCUT2D eigenvalue weighted by molar-refractivity contribution is 6.04. The maximum Gasteiger partial charge on any atom is 0.312 e. The van der Waals surface area contributed by atoms with Gasteiger partial charge in [0.2, 0.25) is 11.8 Å². The molecule has 4 aliphatic rings. The largest absolute Gasteiger partial charge is 0.493 e. The van der Waals surface area contributed by atoms with Crippen molar-refractivity contribution in [2.24, 2.45) is 22.4 Å². The first-order valence-corrected chi connectivity index (χ1v) is 24.4. The zero-order valence-electron chi connectivity index (χ0n) is 41.2. The van der Waals surface area contributed by atoms with Crippen LogP contribution in [0.5, 0.6) is 23.0 Å². The third kappa shape index (κ3) is 11.0. The van der Waals surface area contributed by atoms with Crippen molar-refractivity contribution in [1.82, 2.24) is 25.4 Å². The monoisotopic (exact) mass is 992 g/mol. The number of benzene rings is 4. The van der Waals surface area contributed by atoms with Gasteiger partial charge in [-0.05, 0) is 90.3 Å². The van der Waals surface area contributed by atoms with Crippen molar-refractivity contribution < 1.29 is 42.9 Å². The average molecular weight is 993 g/mol. The standard InChI is InChI=1S/C54H60N10O9/c1-30(2)49(55)51(66)62-42(13-8-16-57-54(56)69)50(65)61-35-15-14-32-19-39-25-59-44-23-48(46(71-4)21-41(44)53(68)64(39)27-34(32)17-35)73-29-37-12-7-11-36(60-37)28-72-47-22-43-40(20-45(47)70-3)52(67)63-26-33-10-6-5-9-31(33)18-38(63)24-58-43/h5-7,9-12,14-15,17,20-23,25,30,38-39,42,49,58H,8,13,16,18-19,24,26-29,55H2,1-4H3,(H,61,65)(H,62,66)(H3,56,57,69)/t38-,39-,42-,49-/m0/s1. The summed E-state index contributed by atoms with van der Waals surface area (Å²) in [5.41, 5.74) is 19.2. The number of nitrogens with two attached hydrogens (primary N) is 2. The van der Waals surface area contributed by atoms with Gasteiger partial charge < -0.3 is 61.5 Å². The Hall–Kier alpha value is -8.19. The van der Waals surface area contributed by atoms with E-state index < -0.39 is 29.9 Å². The van der Waals surface area contributed by atoms with Crippen LogP contribution in [-0.2, 0) is 48.7 Å². The topological polar surface area (TPSA) is 254 Å².